The number of hydrogen-bond donors (Lipinski definition) is 1. The number of rotatable bonds is 4. The third-order valence-electron chi connectivity index (χ3n) is 5.14. The van der Waals surface area contributed by atoms with Gasteiger partial charge in [-0.2, -0.15) is 0 Å². The van der Waals surface area contributed by atoms with Crippen LogP contribution in [-0.2, 0) is 6.54 Å². The van der Waals surface area contributed by atoms with Crippen LogP contribution in [0.4, 0.5) is 0 Å². The second kappa shape index (κ2) is 6.19. The summed E-state index contributed by atoms with van der Waals surface area (Å²) in [4.78, 5) is 6.80. The van der Waals surface area contributed by atoms with Gasteiger partial charge in [-0.1, -0.05) is 30.3 Å². The summed E-state index contributed by atoms with van der Waals surface area (Å²) >= 11 is 0. The van der Waals surface area contributed by atoms with Crippen LogP contribution < -0.4 is 5.32 Å². The largest absolute Gasteiger partial charge is 0.298 e. The zero-order valence-electron chi connectivity index (χ0n) is 12.9. The molecule has 0 aliphatic carbocycles. The minimum absolute atomic E-state index is 0.588. The summed E-state index contributed by atoms with van der Waals surface area (Å²) in [5.41, 5.74) is 3.77. The van der Waals surface area contributed by atoms with Crippen LogP contribution in [0.15, 0.2) is 48.8 Å². The van der Waals surface area contributed by atoms with Crippen molar-refractivity contribution >= 4 is 0 Å². The number of nitrogens with zero attached hydrogens (tertiary/aromatic N) is 2. The van der Waals surface area contributed by atoms with Gasteiger partial charge in [-0.15, -0.1) is 0 Å². The maximum atomic E-state index is 4.18. The molecule has 0 radical (unpaired) electrons. The van der Waals surface area contributed by atoms with Gasteiger partial charge >= 0.3 is 0 Å². The molecule has 3 aliphatic rings. The van der Waals surface area contributed by atoms with Crippen LogP contribution in [0.3, 0.4) is 0 Å². The topological polar surface area (TPSA) is 28.2 Å². The van der Waals surface area contributed by atoms with E-state index in [1.54, 1.807) is 0 Å². The standard InChI is InChI=1S/C19H23N3/c1-2-18(14-20-9-1)17-5-3-16(4-6-17)13-21-19-12-15-7-10-22(19)11-8-15/h1-6,9,14-15,19,21H,7-8,10-13H2. The van der Waals surface area contributed by atoms with E-state index in [0.717, 1.165) is 12.5 Å². The zero-order chi connectivity index (χ0) is 14.8. The van der Waals surface area contributed by atoms with Gasteiger partial charge in [0.15, 0.2) is 0 Å². The Hall–Kier alpha value is -1.71. The van der Waals surface area contributed by atoms with Crippen molar-refractivity contribution in [1.82, 2.24) is 15.2 Å². The van der Waals surface area contributed by atoms with Crippen LogP contribution in [0.5, 0.6) is 0 Å². The van der Waals surface area contributed by atoms with E-state index in [9.17, 15) is 0 Å². The fourth-order valence-corrected chi connectivity index (χ4v) is 3.76. The second-order valence-corrected chi connectivity index (χ2v) is 6.55. The van der Waals surface area contributed by atoms with Crippen LogP contribution in [0, 0.1) is 5.92 Å². The minimum Gasteiger partial charge on any atom is -0.298 e. The number of nitrogens with one attached hydrogen (secondary N) is 1. The van der Waals surface area contributed by atoms with E-state index in [1.807, 2.05) is 18.5 Å². The Balaban J connectivity index is 1.38. The van der Waals surface area contributed by atoms with Gasteiger partial charge in [-0.3, -0.25) is 15.2 Å². The Bertz CT molecular complexity index is 600. The zero-order valence-corrected chi connectivity index (χ0v) is 12.9. The van der Waals surface area contributed by atoms with Crippen molar-refractivity contribution in [2.75, 3.05) is 13.1 Å². The number of piperidine rings is 3. The summed E-state index contributed by atoms with van der Waals surface area (Å²) in [6.45, 7) is 3.52. The number of benzene rings is 1. The van der Waals surface area contributed by atoms with Crippen molar-refractivity contribution < 1.29 is 0 Å². The monoisotopic (exact) mass is 293 g/mol. The third-order valence-corrected chi connectivity index (χ3v) is 5.14. The highest BCUT2D eigenvalue weighted by atomic mass is 15.3. The SMILES string of the molecule is c1cncc(-c2ccc(CNC3CC4CCN3CC4)cc2)c1. The van der Waals surface area contributed by atoms with Crippen molar-refractivity contribution in [1.29, 1.82) is 0 Å². The summed E-state index contributed by atoms with van der Waals surface area (Å²) in [6, 6.07) is 12.9. The highest BCUT2D eigenvalue weighted by molar-refractivity contribution is 5.62. The molecule has 0 saturated carbocycles. The molecule has 3 saturated heterocycles. The van der Waals surface area contributed by atoms with E-state index in [0.29, 0.717) is 6.17 Å². The normalized spacial score (nSPS) is 27.0. The Morgan fingerprint density at radius 3 is 2.50 bits per heavy atom. The van der Waals surface area contributed by atoms with Gasteiger partial charge in [0, 0.05) is 18.9 Å². The minimum atomic E-state index is 0.588. The van der Waals surface area contributed by atoms with E-state index < -0.39 is 0 Å². The van der Waals surface area contributed by atoms with Gasteiger partial charge in [0.25, 0.3) is 0 Å². The molecule has 114 valence electrons. The molecule has 1 aromatic heterocycles. The molecule has 5 rings (SSSR count). The molecule has 1 atom stereocenters. The van der Waals surface area contributed by atoms with E-state index in [-0.39, 0.29) is 0 Å². The number of hydrogen-bond acceptors (Lipinski definition) is 3. The van der Waals surface area contributed by atoms with Crippen molar-refractivity contribution in [2.24, 2.45) is 5.92 Å². The van der Waals surface area contributed by atoms with Gasteiger partial charge in [0.1, 0.15) is 0 Å². The second-order valence-electron chi connectivity index (χ2n) is 6.55. The first-order valence-electron chi connectivity index (χ1n) is 8.35. The van der Waals surface area contributed by atoms with Gasteiger partial charge in [0.2, 0.25) is 0 Å². The molecule has 1 N–H and O–H groups in total. The maximum absolute atomic E-state index is 4.18. The molecule has 3 nitrogen and oxygen atoms in total. The molecule has 3 aliphatic heterocycles. The first-order chi connectivity index (χ1) is 10.9. The fraction of sp³-hybridized carbons (Fsp3) is 0.421. The molecule has 2 bridgehead atoms. The van der Waals surface area contributed by atoms with Gasteiger partial charge in [0.05, 0.1) is 6.17 Å². The Kier molecular flexibility index (Phi) is 3.92. The summed E-state index contributed by atoms with van der Waals surface area (Å²) in [7, 11) is 0. The molecular formula is C19H23N3. The predicted molar refractivity (Wildman–Crippen MR) is 89.2 cm³/mol. The molecule has 4 heterocycles. The van der Waals surface area contributed by atoms with E-state index >= 15 is 0 Å². The third kappa shape index (κ3) is 2.92. The Labute approximate surface area is 132 Å². The van der Waals surface area contributed by atoms with E-state index in [1.165, 1.54) is 49.0 Å². The average molecular weight is 293 g/mol. The van der Waals surface area contributed by atoms with E-state index in [4.69, 9.17) is 0 Å². The summed E-state index contributed by atoms with van der Waals surface area (Å²) in [6.07, 6.45) is 8.45. The molecule has 1 aromatic carbocycles. The fourth-order valence-electron chi connectivity index (χ4n) is 3.76. The Morgan fingerprint density at radius 1 is 1.05 bits per heavy atom. The molecule has 2 aromatic rings. The molecule has 0 amide bonds. The van der Waals surface area contributed by atoms with E-state index in [2.05, 4.69) is 45.5 Å². The van der Waals surface area contributed by atoms with Gasteiger partial charge in [-0.05, 0) is 61.0 Å². The van der Waals surface area contributed by atoms with Crippen molar-refractivity contribution in [3.05, 3.63) is 54.4 Å². The summed E-state index contributed by atoms with van der Waals surface area (Å²) < 4.78 is 0. The highest BCUT2D eigenvalue weighted by Gasteiger charge is 2.32. The quantitative estimate of drug-likeness (QED) is 0.937. The highest BCUT2D eigenvalue weighted by Crippen LogP contribution is 2.30. The van der Waals surface area contributed by atoms with Gasteiger partial charge < -0.3 is 0 Å². The van der Waals surface area contributed by atoms with Crippen molar-refractivity contribution in [2.45, 2.75) is 32.0 Å². The lowest BCUT2D eigenvalue weighted by molar-refractivity contribution is 0.0303. The molecule has 22 heavy (non-hydrogen) atoms. The molecular weight excluding hydrogens is 270 g/mol. The van der Waals surface area contributed by atoms with Crippen LogP contribution in [0.2, 0.25) is 0 Å². The number of pyridine rings is 1. The van der Waals surface area contributed by atoms with Crippen molar-refractivity contribution in [3.63, 3.8) is 0 Å². The number of aromatic nitrogens is 1. The Morgan fingerprint density at radius 2 is 1.86 bits per heavy atom. The summed E-state index contributed by atoms with van der Waals surface area (Å²) in [5, 5.41) is 3.74. The van der Waals surface area contributed by atoms with Crippen LogP contribution in [-0.4, -0.2) is 29.1 Å². The number of fused-ring (bicyclic) bond motifs is 3. The lowest BCUT2D eigenvalue weighted by Gasteiger charge is -2.45. The maximum Gasteiger partial charge on any atom is 0.0602 e. The first-order valence-corrected chi connectivity index (χ1v) is 8.35. The average Bonchev–Trinajstić information content (AvgIpc) is 2.62. The molecule has 1 unspecified atom stereocenters. The predicted octanol–water partition coefficient (Wildman–Crippen LogP) is 3.28. The lowest BCUT2D eigenvalue weighted by Crippen LogP contribution is -2.54. The van der Waals surface area contributed by atoms with Crippen molar-refractivity contribution in [3.8, 4) is 11.1 Å². The molecule has 3 fully saturated rings. The smallest absolute Gasteiger partial charge is 0.0602 e. The summed E-state index contributed by atoms with van der Waals surface area (Å²) in [5.74, 6) is 0.954. The molecule has 3 heteroatoms. The lowest BCUT2D eigenvalue weighted by atomic mass is 9.86. The van der Waals surface area contributed by atoms with Crippen LogP contribution in [0.1, 0.15) is 24.8 Å². The van der Waals surface area contributed by atoms with Crippen LogP contribution >= 0.6 is 0 Å². The van der Waals surface area contributed by atoms with Gasteiger partial charge in [-0.25, -0.2) is 0 Å². The first kappa shape index (κ1) is 13.9. The van der Waals surface area contributed by atoms with Crippen LogP contribution in [0.25, 0.3) is 11.1 Å². The molecule has 0 spiro atoms.